The molecule has 1 fully saturated rings. The van der Waals surface area contributed by atoms with Crippen molar-refractivity contribution in [1.82, 2.24) is 19.8 Å². The summed E-state index contributed by atoms with van der Waals surface area (Å²) in [5, 5.41) is 0. The van der Waals surface area contributed by atoms with Crippen molar-refractivity contribution in [3.63, 3.8) is 0 Å². The van der Waals surface area contributed by atoms with Crippen LogP contribution in [0.25, 0.3) is 0 Å². The van der Waals surface area contributed by atoms with Crippen molar-refractivity contribution in [3.8, 4) is 0 Å². The number of rotatable bonds is 8. The van der Waals surface area contributed by atoms with E-state index >= 15 is 0 Å². The van der Waals surface area contributed by atoms with E-state index in [9.17, 15) is 4.79 Å². The van der Waals surface area contributed by atoms with Crippen LogP contribution in [0.1, 0.15) is 36.6 Å². The number of aromatic nitrogens is 2. The topological polar surface area (TPSA) is 52.2 Å². The van der Waals surface area contributed by atoms with Crippen LogP contribution in [0.3, 0.4) is 0 Å². The van der Waals surface area contributed by atoms with E-state index in [0.29, 0.717) is 6.42 Å². The van der Waals surface area contributed by atoms with E-state index in [1.54, 1.807) is 6.20 Å². The van der Waals surface area contributed by atoms with E-state index in [-0.39, 0.29) is 11.8 Å². The van der Waals surface area contributed by atoms with E-state index in [1.165, 1.54) is 12.8 Å². The molecule has 1 N–H and O–H groups in total. The first-order valence-corrected chi connectivity index (χ1v) is 8.63. The highest BCUT2D eigenvalue weighted by Crippen LogP contribution is 2.26. The third-order valence-corrected chi connectivity index (χ3v) is 4.81. The number of hydrogen-bond acceptors (Lipinski definition) is 3. The molecule has 1 aliphatic carbocycles. The Labute approximate surface area is 143 Å². The van der Waals surface area contributed by atoms with Gasteiger partial charge >= 0.3 is 0 Å². The van der Waals surface area contributed by atoms with Crippen LogP contribution >= 0.6 is 0 Å². The van der Waals surface area contributed by atoms with Gasteiger partial charge in [0, 0.05) is 45.0 Å². The van der Waals surface area contributed by atoms with Gasteiger partial charge in [0.15, 0.2) is 0 Å². The predicted molar refractivity (Wildman–Crippen MR) is 94.8 cm³/mol. The molecule has 1 heterocycles. The summed E-state index contributed by atoms with van der Waals surface area (Å²) in [6.45, 7) is 1.70. The molecule has 1 amide bonds. The van der Waals surface area contributed by atoms with Crippen molar-refractivity contribution < 1.29 is 4.79 Å². The number of nitrogens with one attached hydrogen (secondary N) is 1. The molecular formula is C19H26N4O. The Hall–Kier alpha value is -2.14. The first-order chi connectivity index (χ1) is 11.6. The zero-order valence-electron chi connectivity index (χ0n) is 14.5. The number of nitrogens with zero attached hydrogens (tertiary/aromatic N) is 3. The minimum atomic E-state index is -0.0303. The first-order valence-electron chi connectivity index (χ1n) is 8.63. The van der Waals surface area contributed by atoms with E-state index < -0.39 is 0 Å². The molecule has 1 aromatic carbocycles. The fourth-order valence-corrected chi connectivity index (χ4v) is 2.99. The Balaban J connectivity index is 1.62. The smallest absolute Gasteiger partial charge is 0.223 e. The lowest BCUT2D eigenvalue weighted by atomic mass is 9.94. The molecule has 0 radical (unpaired) electrons. The molecule has 3 rings (SSSR count). The summed E-state index contributed by atoms with van der Waals surface area (Å²) in [6.07, 6.45) is 6.57. The second kappa shape index (κ2) is 7.62. The van der Waals surface area contributed by atoms with Crippen molar-refractivity contribution in [2.75, 3.05) is 27.2 Å². The molecule has 24 heavy (non-hydrogen) atoms. The van der Waals surface area contributed by atoms with Crippen LogP contribution in [0.4, 0.5) is 0 Å². The molecule has 5 nitrogen and oxygen atoms in total. The molecule has 0 aliphatic heterocycles. The summed E-state index contributed by atoms with van der Waals surface area (Å²) >= 11 is 0. The Bertz CT molecular complexity index is 637. The summed E-state index contributed by atoms with van der Waals surface area (Å²) in [6, 6.07) is 10.8. The average molecular weight is 326 g/mol. The van der Waals surface area contributed by atoms with Crippen LogP contribution in [-0.4, -0.2) is 58.9 Å². The lowest BCUT2D eigenvalue weighted by Crippen LogP contribution is -2.36. The molecule has 0 spiro atoms. The molecule has 1 aliphatic rings. The number of hydrogen-bond donors (Lipinski definition) is 1. The fraction of sp³-hybridized carbons (Fsp3) is 0.474. The Morgan fingerprint density at radius 2 is 2.00 bits per heavy atom. The van der Waals surface area contributed by atoms with Crippen molar-refractivity contribution in [1.29, 1.82) is 0 Å². The number of aromatic amines is 1. The van der Waals surface area contributed by atoms with Gasteiger partial charge < -0.3 is 14.8 Å². The summed E-state index contributed by atoms with van der Waals surface area (Å²) in [5.74, 6) is 0.972. The Morgan fingerprint density at radius 1 is 1.25 bits per heavy atom. The molecule has 1 saturated carbocycles. The maximum atomic E-state index is 12.7. The van der Waals surface area contributed by atoms with Gasteiger partial charge in [-0.15, -0.1) is 0 Å². The van der Waals surface area contributed by atoms with Gasteiger partial charge in [-0.3, -0.25) is 4.79 Å². The van der Waals surface area contributed by atoms with Crippen LogP contribution in [-0.2, 0) is 4.79 Å². The van der Waals surface area contributed by atoms with Gasteiger partial charge in [-0.2, -0.15) is 0 Å². The van der Waals surface area contributed by atoms with E-state index in [0.717, 1.165) is 30.5 Å². The second-order valence-corrected chi connectivity index (χ2v) is 6.67. The molecule has 1 aromatic heterocycles. The normalized spacial score (nSPS) is 15.5. The molecule has 1 atom stereocenters. The Kier molecular flexibility index (Phi) is 5.30. The minimum Gasteiger partial charge on any atom is -0.348 e. The van der Waals surface area contributed by atoms with Gasteiger partial charge in [0.05, 0.1) is 5.92 Å². The SMILES string of the molecule is CN(CCN(C)C1CC1)C(=O)C[C@@H](c1ccccc1)c1ncc[nH]1. The molecule has 5 heteroatoms. The van der Waals surface area contributed by atoms with Gasteiger partial charge in [-0.05, 0) is 25.5 Å². The molecule has 128 valence electrons. The number of amides is 1. The molecule has 0 saturated heterocycles. The molecule has 0 unspecified atom stereocenters. The number of carbonyl (C=O) groups is 1. The predicted octanol–water partition coefficient (Wildman–Crippen LogP) is 2.48. The molecule has 0 bridgehead atoms. The molecule has 2 aromatic rings. The van der Waals surface area contributed by atoms with Gasteiger partial charge in [-0.1, -0.05) is 30.3 Å². The van der Waals surface area contributed by atoms with Crippen molar-refractivity contribution >= 4 is 5.91 Å². The highest BCUT2D eigenvalue weighted by molar-refractivity contribution is 5.77. The average Bonchev–Trinajstić information content (AvgIpc) is 3.33. The number of imidazole rings is 1. The third kappa shape index (κ3) is 4.23. The minimum absolute atomic E-state index is 0.0303. The van der Waals surface area contributed by atoms with E-state index in [1.807, 2.05) is 36.3 Å². The fourth-order valence-electron chi connectivity index (χ4n) is 2.99. The van der Waals surface area contributed by atoms with E-state index in [4.69, 9.17) is 0 Å². The van der Waals surface area contributed by atoms with Crippen molar-refractivity contribution in [3.05, 3.63) is 54.1 Å². The number of likely N-dealkylation sites (N-methyl/N-ethyl adjacent to an activating group) is 2. The van der Waals surface area contributed by atoms with Crippen LogP contribution in [0.15, 0.2) is 42.7 Å². The maximum absolute atomic E-state index is 12.7. The van der Waals surface area contributed by atoms with Gasteiger partial charge in [0.25, 0.3) is 0 Å². The highest BCUT2D eigenvalue weighted by atomic mass is 16.2. The van der Waals surface area contributed by atoms with Gasteiger partial charge in [0.1, 0.15) is 5.82 Å². The number of H-pyrrole nitrogens is 1. The second-order valence-electron chi connectivity index (χ2n) is 6.67. The number of benzene rings is 1. The van der Waals surface area contributed by atoms with Gasteiger partial charge in [0.2, 0.25) is 5.91 Å². The molecular weight excluding hydrogens is 300 g/mol. The van der Waals surface area contributed by atoms with Crippen LogP contribution < -0.4 is 0 Å². The largest absolute Gasteiger partial charge is 0.348 e. The third-order valence-electron chi connectivity index (χ3n) is 4.81. The standard InChI is InChI=1S/C19H26N4O/c1-22(16-8-9-16)12-13-23(2)18(24)14-17(19-20-10-11-21-19)15-6-4-3-5-7-15/h3-7,10-11,16-17H,8-9,12-14H2,1-2H3,(H,20,21)/t17-/m0/s1. The van der Waals surface area contributed by atoms with Crippen LogP contribution in [0.5, 0.6) is 0 Å². The highest BCUT2D eigenvalue weighted by Gasteiger charge is 2.27. The lowest BCUT2D eigenvalue weighted by molar-refractivity contribution is -0.130. The summed E-state index contributed by atoms with van der Waals surface area (Å²) < 4.78 is 0. The monoisotopic (exact) mass is 326 g/mol. The number of carbonyl (C=O) groups excluding carboxylic acids is 1. The zero-order chi connectivity index (χ0) is 16.9. The van der Waals surface area contributed by atoms with Crippen molar-refractivity contribution in [2.45, 2.75) is 31.2 Å². The summed E-state index contributed by atoms with van der Waals surface area (Å²) in [7, 11) is 4.04. The summed E-state index contributed by atoms with van der Waals surface area (Å²) in [4.78, 5) is 24.4. The zero-order valence-corrected chi connectivity index (χ0v) is 14.5. The van der Waals surface area contributed by atoms with Gasteiger partial charge in [-0.25, -0.2) is 4.98 Å². The quantitative estimate of drug-likeness (QED) is 0.811. The van der Waals surface area contributed by atoms with Crippen molar-refractivity contribution in [2.24, 2.45) is 0 Å². The lowest BCUT2D eigenvalue weighted by Gasteiger charge is -2.24. The Morgan fingerprint density at radius 3 is 2.62 bits per heavy atom. The van der Waals surface area contributed by atoms with E-state index in [2.05, 4.69) is 34.0 Å². The van der Waals surface area contributed by atoms with Crippen LogP contribution in [0, 0.1) is 0 Å². The van der Waals surface area contributed by atoms with Crippen LogP contribution in [0.2, 0.25) is 0 Å². The first kappa shape index (κ1) is 16.7. The maximum Gasteiger partial charge on any atom is 0.223 e. The summed E-state index contributed by atoms with van der Waals surface area (Å²) in [5.41, 5.74) is 1.12.